The molecule has 0 aliphatic carbocycles. The summed E-state index contributed by atoms with van der Waals surface area (Å²) >= 11 is 0. The van der Waals surface area contributed by atoms with Crippen LogP contribution in [0, 0.1) is 5.92 Å². The Morgan fingerprint density at radius 1 is 1.26 bits per heavy atom. The van der Waals surface area contributed by atoms with Gasteiger partial charge in [-0.15, -0.1) is 0 Å². The fourth-order valence-corrected chi connectivity index (χ4v) is 2.70. The summed E-state index contributed by atoms with van der Waals surface area (Å²) in [7, 11) is 4.20. The van der Waals surface area contributed by atoms with Crippen molar-refractivity contribution in [3.05, 3.63) is 18.6 Å². The largest absolute Gasteiger partial charge is 0.368 e. The van der Waals surface area contributed by atoms with Gasteiger partial charge in [0.05, 0.1) is 11.8 Å². The molecule has 1 aliphatic rings. The van der Waals surface area contributed by atoms with Crippen LogP contribution >= 0.6 is 0 Å². The summed E-state index contributed by atoms with van der Waals surface area (Å²) < 4.78 is 2.03. The second kappa shape index (κ2) is 5.17. The summed E-state index contributed by atoms with van der Waals surface area (Å²) in [5, 5.41) is 3.48. The van der Waals surface area contributed by atoms with Crippen LogP contribution in [0.4, 0.5) is 5.82 Å². The Balaban J connectivity index is 1.68. The highest BCUT2D eigenvalue weighted by Gasteiger charge is 2.17. The summed E-state index contributed by atoms with van der Waals surface area (Å²) in [4.78, 5) is 11.2. The highest BCUT2D eigenvalue weighted by molar-refractivity contribution is 5.85. The van der Waals surface area contributed by atoms with Crippen molar-refractivity contribution in [2.45, 2.75) is 12.8 Å². The first-order valence-corrected chi connectivity index (χ1v) is 6.92. The van der Waals surface area contributed by atoms with Gasteiger partial charge in [-0.3, -0.25) is 0 Å². The van der Waals surface area contributed by atoms with E-state index in [4.69, 9.17) is 0 Å². The van der Waals surface area contributed by atoms with Crippen molar-refractivity contribution in [2.24, 2.45) is 13.0 Å². The molecule has 0 aromatic carbocycles. The van der Waals surface area contributed by atoms with E-state index in [9.17, 15) is 0 Å². The quantitative estimate of drug-likeness (QED) is 0.911. The van der Waals surface area contributed by atoms with Gasteiger partial charge in [-0.05, 0) is 45.0 Å². The topological polar surface area (TPSA) is 46.0 Å². The summed E-state index contributed by atoms with van der Waals surface area (Å²) in [5.41, 5.74) is 2.10. The summed E-state index contributed by atoms with van der Waals surface area (Å²) in [5.74, 6) is 1.66. The number of hydrogen-bond donors (Lipinski definition) is 1. The third kappa shape index (κ3) is 2.56. The van der Waals surface area contributed by atoms with Crippen LogP contribution in [0.1, 0.15) is 12.8 Å². The summed E-state index contributed by atoms with van der Waals surface area (Å²) in [6.45, 7) is 3.40. The maximum absolute atomic E-state index is 4.42. The number of anilines is 1. The molecule has 0 amide bonds. The number of hydrogen-bond acceptors (Lipinski definition) is 4. The molecule has 2 aromatic rings. The Kier molecular flexibility index (Phi) is 3.38. The molecule has 5 heteroatoms. The Bertz CT molecular complexity index is 554. The summed E-state index contributed by atoms with van der Waals surface area (Å²) in [6, 6.07) is 2.00. The molecule has 1 N–H and O–H groups in total. The van der Waals surface area contributed by atoms with Crippen LogP contribution in [0.5, 0.6) is 0 Å². The van der Waals surface area contributed by atoms with E-state index in [1.165, 1.54) is 25.9 Å². The molecular weight excluding hydrogens is 238 g/mol. The van der Waals surface area contributed by atoms with Crippen LogP contribution in [0.25, 0.3) is 11.0 Å². The zero-order chi connectivity index (χ0) is 13.2. The fraction of sp³-hybridized carbons (Fsp3) is 0.571. The maximum Gasteiger partial charge on any atom is 0.154 e. The molecule has 0 saturated carbocycles. The highest BCUT2D eigenvalue weighted by atomic mass is 15.1. The molecule has 19 heavy (non-hydrogen) atoms. The van der Waals surface area contributed by atoms with Gasteiger partial charge in [0.25, 0.3) is 0 Å². The van der Waals surface area contributed by atoms with E-state index in [0.29, 0.717) is 0 Å². The lowest BCUT2D eigenvalue weighted by Crippen LogP contribution is -2.33. The lowest BCUT2D eigenvalue weighted by atomic mass is 9.97. The first-order chi connectivity index (χ1) is 9.24. The highest BCUT2D eigenvalue weighted by Crippen LogP contribution is 2.21. The molecule has 0 unspecified atom stereocenters. The third-order valence-electron chi connectivity index (χ3n) is 4.04. The van der Waals surface area contributed by atoms with Gasteiger partial charge in [0, 0.05) is 19.8 Å². The van der Waals surface area contributed by atoms with Gasteiger partial charge < -0.3 is 14.8 Å². The van der Waals surface area contributed by atoms with Crippen LogP contribution in [0.3, 0.4) is 0 Å². The lowest BCUT2D eigenvalue weighted by molar-refractivity contribution is 0.226. The van der Waals surface area contributed by atoms with E-state index in [-0.39, 0.29) is 0 Å². The molecule has 0 radical (unpaired) electrons. The van der Waals surface area contributed by atoms with E-state index in [0.717, 1.165) is 29.3 Å². The number of rotatable bonds is 3. The van der Waals surface area contributed by atoms with Crippen LogP contribution in [0.2, 0.25) is 0 Å². The summed E-state index contributed by atoms with van der Waals surface area (Å²) in [6.07, 6.45) is 6.22. The van der Waals surface area contributed by atoms with E-state index in [1.807, 2.05) is 30.2 Å². The van der Waals surface area contributed by atoms with Crippen molar-refractivity contribution in [2.75, 3.05) is 32.0 Å². The minimum Gasteiger partial charge on any atom is -0.368 e. The second-order valence-electron chi connectivity index (χ2n) is 5.51. The molecule has 5 nitrogen and oxygen atoms in total. The fourth-order valence-electron chi connectivity index (χ4n) is 2.70. The molecule has 3 heterocycles. The standard InChI is InChI=1S/C14H21N5/c1-18-7-4-11(5-8-18)9-16-14-13-12(3-6-15-14)19(2)10-17-13/h3,6,10-11H,4-5,7-9H2,1-2H3,(H,15,16). The zero-order valence-electron chi connectivity index (χ0n) is 11.6. The minimum absolute atomic E-state index is 0.747. The van der Waals surface area contributed by atoms with Gasteiger partial charge in [0.1, 0.15) is 5.52 Å². The zero-order valence-corrected chi connectivity index (χ0v) is 11.6. The molecule has 0 atom stereocenters. The van der Waals surface area contributed by atoms with Crippen molar-refractivity contribution >= 4 is 16.9 Å². The van der Waals surface area contributed by atoms with Crippen LogP contribution in [0.15, 0.2) is 18.6 Å². The van der Waals surface area contributed by atoms with Crippen molar-refractivity contribution in [3.8, 4) is 0 Å². The molecule has 0 bridgehead atoms. The minimum atomic E-state index is 0.747. The van der Waals surface area contributed by atoms with E-state index < -0.39 is 0 Å². The van der Waals surface area contributed by atoms with Gasteiger partial charge in [-0.25, -0.2) is 9.97 Å². The van der Waals surface area contributed by atoms with E-state index >= 15 is 0 Å². The number of aromatic nitrogens is 3. The predicted octanol–water partition coefficient (Wildman–Crippen LogP) is 1.72. The molecule has 0 spiro atoms. The number of likely N-dealkylation sites (tertiary alicyclic amines) is 1. The third-order valence-corrected chi connectivity index (χ3v) is 4.04. The smallest absolute Gasteiger partial charge is 0.154 e. The number of fused-ring (bicyclic) bond motifs is 1. The van der Waals surface area contributed by atoms with Crippen molar-refractivity contribution in [1.29, 1.82) is 0 Å². The number of aryl methyl sites for hydroxylation is 1. The predicted molar refractivity (Wildman–Crippen MR) is 77.2 cm³/mol. The van der Waals surface area contributed by atoms with Crippen molar-refractivity contribution < 1.29 is 0 Å². The Morgan fingerprint density at radius 2 is 2.05 bits per heavy atom. The number of pyridine rings is 1. The molecule has 1 saturated heterocycles. The number of nitrogens with zero attached hydrogens (tertiary/aromatic N) is 4. The Labute approximate surface area is 113 Å². The second-order valence-corrected chi connectivity index (χ2v) is 5.51. The lowest BCUT2D eigenvalue weighted by Gasteiger charge is -2.29. The number of piperidine rings is 1. The average molecular weight is 259 g/mol. The SMILES string of the molecule is CN1CCC(CNc2nccc3c2ncn3C)CC1. The Morgan fingerprint density at radius 3 is 2.84 bits per heavy atom. The first kappa shape index (κ1) is 12.4. The van der Waals surface area contributed by atoms with Crippen molar-refractivity contribution in [3.63, 3.8) is 0 Å². The molecule has 1 fully saturated rings. The molecule has 1 aliphatic heterocycles. The van der Waals surface area contributed by atoms with Crippen LogP contribution < -0.4 is 5.32 Å². The normalized spacial score (nSPS) is 18.0. The van der Waals surface area contributed by atoms with Crippen molar-refractivity contribution in [1.82, 2.24) is 19.4 Å². The molecular formula is C14H21N5. The molecule has 102 valence electrons. The Hall–Kier alpha value is -1.62. The number of nitrogens with one attached hydrogen (secondary N) is 1. The van der Waals surface area contributed by atoms with E-state index in [1.54, 1.807) is 0 Å². The van der Waals surface area contributed by atoms with Gasteiger partial charge in [0.2, 0.25) is 0 Å². The van der Waals surface area contributed by atoms with Gasteiger partial charge in [-0.1, -0.05) is 0 Å². The van der Waals surface area contributed by atoms with Gasteiger partial charge in [0.15, 0.2) is 5.82 Å². The molecule has 3 rings (SSSR count). The first-order valence-electron chi connectivity index (χ1n) is 6.92. The monoisotopic (exact) mass is 259 g/mol. The molecule has 2 aromatic heterocycles. The number of imidazole rings is 1. The van der Waals surface area contributed by atoms with Crippen LogP contribution in [-0.4, -0.2) is 46.1 Å². The maximum atomic E-state index is 4.42. The van der Waals surface area contributed by atoms with E-state index in [2.05, 4.69) is 27.2 Å². The van der Waals surface area contributed by atoms with Crippen LogP contribution in [-0.2, 0) is 7.05 Å². The van der Waals surface area contributed by atoms with Gasteiger partial charge >= 0.3 is 0 Å². The van der Waals surface area contributed by atoms with Gasteiger partial charge in [-0.2, -0.15) is 0 Å². The average Bonchev–Trinajstić information content (AvgIpc) is 2.81.